The summed E-state index contributed by atoms with van der Waals surface area (Å²) in [5, 5.41) is 5.88. The summed E-state index contributed by atoms with van der Waals surface area (Å²) in [7, 11) is 0. The highest BCUT2D eigenvalue weighted by Crippen LogP contribution is 2.30. The quantitative estimate of drug-likeness (QED) is 0.644. The van der Waals surface area contributed by atoms with Crippen molar-refractivity contribution in [2.24, 2.45) is 0 Å². The third kappa shape index (κ3) is 4.32. The van der Waals surface area contributed by atoms with Crippen molar-refractivity contribution in [3.63, 3.8) is 0 Å². The lowest BCUT2D eigenvalue weighted by molar-refractivity contribution is -0.141. The van der Waals surface area contributed by atoms with Gasteiger partial charge in [-0.25, -0.2) is 0 Å². The number of nitrogens with one attached hydrogen (secondary N) is 2. The summed E-state index contributed by atoms with van der Waals surface area (Å²) in [6, 6.07) is 6.48. The van der Waals surface area contributed by atoms with E-state index in [9.17, 15) is 22.8 Å². The molecular weight excluding hydrogens is 415 g/mol. The first kappa shape index (κ1) is 20.7. The Morgan fingerprint density at radius 3 is 2.77 bits per heavy atom. The molecule has 1 atom stereocenters. The molecular formula is C21H18F3N3O4. The van der Waals surface area contributed by atoms with Gasteiger partial charge in [0, 0.05) is 23.7 Å². The van der Waals surface area contributed by atoms with Crippen molar-refractivity contribution >= 4 is 22.8 Å². The van der Waals surface area contributed by atoms with E-state index in [1.54, 1.807) is 25.1 Å². The zero-order valence-corrected chi connectivity index (χ0v) is 16.4. The largest absolute Gasteiger partial charge is 0.489 e. The third-order valence-corrected chi connectivity index (χ3v) is 4.94. The monoisotopic (exact) mass is 433 g/mol. The second-order valence-electron chi connectivity index (χ2n) is 7.14. The summed E-state index contributed by atoms with van der Waals surface area (Å²) in [6.07, 6.45) is -2.89. The summed E-state index contributed by atoms with van der Waals surface area (Å²) >= 11 is 0. The van der Waals surface area contributed by atoms with Gasteiger partial charge in [0.2, 0.25) is 5.91 Å². The van der Waals surface area contributed by atoms with E-state index in [1.807, 2.05) is 0 Å². The Kier molecular flexibility index (Phi) is 5.30. The molecule has 1 fully saturated rings. The molecule has 2 amide bonds. The predicted molar refractivity (Wildman–Crippen MR) is 103 cm³/mol. The third-order valence-electron chi connectivity index (χ3n) is 4.94. The molecule has 7 nitrogen and oxygen atoms in total. The van der Waals surface area contributed by atoms with Crippen molar-refractivity contribution in [2.45, 2.75) is 32.2 Å². The van der Waals surface area contributed by atoms with E-state index in [0.717, 1.165) is 12.3 Å². The molecule has 3 heterocycles. The lowest BCUT2D eigenvalue weighted by atomic mass is 10.1. The Labute approximate surface area is 174 Å². The molecule has 3 aromatic rings. The van der Waals surface area contributed by atoms with Gasteiger partial charge in [0.15, 0.2) is 0 Å². The minimum atomic E-state index is -4.50. The number of carbonyl (C=O) groups excluding carboxylic acids is 2. The van der Waals surface area contributed by atoms with Crippen molar-refractivity contribution in [3.8, 4) is 5.75 Å². The van der Waals surface area contributed by atoms with Crippen LogP contribution in [-0.4, -0.2) is 29.4 Å². The van der Waals surface area contributed by atoms with E-state index in [1.165, 1.54) is 6.07 Å². The van der Waals surface area contributed by atoms with Crippen LogP contribution in [0.2, 0.25) is 0 Å². The fraction of sp³-hybridized carbons (Fsp3) is 0.286. The minimum absolute atomic E-state index is 0.00273. The summed E-state index contributed by atoms with van der Waals surface area (Å²) in [6.45, 7) is 2.15. The smallest absolute Gasteiger partial charge is 0.433 e. The topological polar surface area (TPSA) is 93.5 Å². The number of carbonyl (C=O) groups is 2. The average molecular weight is 433 g/mol. The number of aromatic nitrogens is 1. The van der Waals surface area contributed by atoms with Gasteiger partial charge in [0.25, 0.3) is 5.91 Å². The lowest BCUT2D eigenvalue weighted by Crippen LogP contribution is -2.40. The lowest BCUT2D eigenvalue weighted by Gasteiger charge is -2.10. The Hall–Kier alpha value is -3.56. The predicted octanol–water partition coefficient (Wildman–Crippen LogP) is 3.35. The number of fused-ring (bicyclic) bond motifs is 1. The fourth-order valence-corrected chi connectivity index (χ4v) is 3.38. The van der Waals surface area contributed by atoms with Crippen LogP contribution in [0.15, 0.2) is 40.9 Å². The van der Waals surface area contributed by atoms with Gasteiger partial charge in [-0.2, -0.15) is 13.2 Å². The molecule has 2 aromatic heterocycles. The molecule has 4 rings (SSSR count). The fourth-order valence-electron chi connectivity index (χ4n) is 3.38. The van der Waals surface area contributed by atoms with Gasteiger partial charge in [-0.3, -0.25) is 14.6 Å². The molecule has 1 aliphatic rings. The number of benzene rings is 1. The van der Waals surface area contributed by atoms with Crippen LogP contribution >= 0.6 is 0 Å². The van der Waals surface area contributed by atoms with E-state index in [2.05, 4.69) is 15.6 Å². The maximum Gasteiger partial charge on any atom is 0.433 e. The van der Waals surface area contributed by atoms with E-state index < -0.39 is 23.8 Å². The van der Waals surface area contributed by atoms with Crippen LogP contribution in [0.4, 0.5) is 13.2 Å². The molecule has 162 valence electrons. The number of pyridine rings is 1. The molecule has 10 heteroatoms. The maximum atomic E-state index is 12.8. The van der Waals surface area contributed by atoms with Crippen molar-refractivity contribution in [2.75, 3.05) is 6.54 Å². The summed E-state index contributed by atoms with van der Waals surface area (Å²) in [4.78, 5) is 27.9. The minimum Gasteiger partial charge on any atom is -0.489 e. The molecule has 31 heavy (non-hydrogen) atoms. The molecule has 1 saturated heterocycles. The van der Waals surface area contributed by atoms with Gasteiger partial charge in [0.1, 0.15) is 35.4 Å². The number of rotatable bonds is 5. The normalized spacial score (nSPS) is 16.4. The van der Waals surface area contributed by atoms with Crippen molar-refractivity contribution in [3.05, 3.63) is 59.1 Å². The number of amides is 2. The van der Waals surface area contributed by atoms with Crippen LogP contribution < -0.4 is 15.4 Å². The Bertz CT molecular complexity index is 1140. The number of hydrogen-bond acceptors (Lipinski definition) is 5. The number of furan rings is 1. The highest BCUT2D eigenvalue weighted by atomic mass is 19.4. The first-order valence-electron chi connectivity index (χ1n) is 9.49. The molecule has 0 spiro atoms. The molecule has 1 unspecified atom stereocenters. The molecule has 2 N–H and O–H groups in total. The second kappa shape index (κ2) is 7.93. The van der Waals surface area contributed by atoms with E-state index in [0.29, 0.717) is 46.6 Å². The zero-order valence-electron chi connectivity index (χ0n) is 16.4. The average Bonchev–Trinajstić information content (AvgIpc) is 3.27. The Balaban J connectivity index is 1.51. The first-order chi connectivity index (χ1) is 14.7. The van der Waals surface area contributed by atoms with Crippen LogP contribution in [0.25, 0.3) is 11.0 Å². The van der Waals surface area contributed by atoms with Crippen LogP contribution in [-0.2, 0) is 17.6 Å². The van der Waals surface area contributed by atoms with Crippen LogP contribution in [0, 0.1) is 6.92 Å². The molecule has 1 aliphatic heterocycles. The number of aryl methyl sites for hydroxylation is 1. The number of alkyl halides is 3. The first-order valence-corrected chi connectivity index (χ1v) is 9.49. The molecule has 0 bridgehead atoms. The van der Waals surface area contributed by atoms with Crippen molar-refractivity contribution in [1.82, 2.24) is 15.6 Å². The van der Waals surface area contributed by atoms with Gasteiger partial charge >= 0.3 is 6.18 Å². The number of ether oxygens (including phenoxy) is 1. The highest BCUT2D eigenvalue weighted by molar-refractivity contribution is 6.08. The van der Waals surface area contributed by atoms with Gasteiger partial charge in [0.05, 0.1) is 5.56 Å². The highest BCUT2D eigenvalue weighted by Gasteiger charge is 2.32. The van der Waals surface area contributed by atoms with Gasteiger partial charge < -0.3 is 19.8 Å². The van der Waals surface area contributed by atoms with Gasteiger partial charge in [-0.1, -0.05) is 6.07 Å². The van der Waals surface area contributed by atoms with Crippen molar-refractivity contribution in [1.29, 1.82) is 0 Å². The maximum absolute atomic E-state index is 12.8. The molecule has 0 aliphatic carbocycles. The van der Waals surface area contributed by atoms with Crippen LogP contribution in [0.5, 0.6) is 5.75 Å². The summed E-state index contributed by atoms with van der Waals surface area (Å²) < 4.78 is 49.1. The number of hydrogen-bond donors (Lipinski definition) is 2. The van der Waals surface area contributed by atoms with Gasteiger partial charge in [-0.15, -0.1) is 0 Å². The van der Waals surface area contributed by atoms with E-state index >= 15 is 0 Å². The molecule has 0 radical (unpaired) electrons. The Morgan fingerprint density at radius 1 is 1.32 bits per heavy atom. The van der Waals surface area contributed by atoms with E-state index in [-0.39, 0.29) is 12.5 Å². The summed E-state index contributed by atoms with van der Waals surface area (Å²) in [5.74, 6) is 0.145. The molecule has 0 saturated carbocycles. The number of halogens is 3. The second-order valence-corrected chi connectivity index (χ2v) is 7.14. The van der Waals surface area contributed by atoms with E-state index in [4.69, 9.17) is 9.15 Å². The van der Waals surface area contributed by atoms with Gasteiger partial charge in [-0.05, 0) is 37.6 Å². The van der Waals surface area contributed by atoms with Crippen LogP contribution in [0.3, 0.4) is 0 Å². The number of nitrogens with zero attached hydrogens (tertiary/aromatic N) is 1. The van der Waals surface area contributed by atoms with Crippen LogP contribution in [0.1, 0.15) is 33.8 Å². The SMILES string of the molecule is Cc1oc2ccc(OCc3ccc(C(F)(F)F)nc3)cc2c1C(=O)NC1CCNC1=O. The summed E-state index contributed by atoms with van der Waals surface area (Å²) in [5.41, 5.74) is 0.262. The standard InChI is InChI=1S/C21H18F3N3O4/c1-11-18(20(29)27-15-6-7-25-19(15)28)14-8-13(3-4-16(14)31-11)30-10-12-2-5-17(26-9-12)21(22,23)24/h2-5,8-9,15H,6-7,10H2,1H3,(H,25,28)(H,27,29). The van der Waals surface area contributed by atoms with Crippen molar-refractivity contribution < 1.29 is 31.9 Å². The Morgan fingerprint density at radius 2 is 2.13 bits per heavy atom. The molecule has 1 aromatic carbocycles. The zero-order chi connectivity index (χ0) is 22.2.